The first-order valence-corrected chi connectivity index (χ1v) is 3.58. The monoisotopic (exact) mass is 128 g/mol. The van der Waals surface area contributed by atoms with E-state index >= 15 is 0 Å². The molecular formula is C8H16O. The molecule has 0 aromatic rings. The summed E-state index contributed by atoms with van der Waals surface area (Å²) in [5.74, 6) is 0.663. The second kappa shape index (κ2) is 5.83. The largest absolute Gasteiger partial charge is 0.396 e. The predicted molar refractivity (Wildman–Crippen MR) is 40.3 cm³/mol. The van der Waals surface area contributed by atoms with Crippen molar-refractivity contribution in [2.24, 2.45) is 5.92 Å². The van der Waals surface area contributed by atoms with E-state index in [1.807, 2.05) is 6.08 Å². The van der Waals surface area contributed by atoms with Gasteiger partial charge in [-0.25, -0.2) is 0 Å². The highest BCUT2D eigenvalue weighted by Gasteiger charge is 1.87. The average molecular weight is 128 g/mol. The van der Waals surface area contributed by atoms with Crippen molar-refractivity contribution < 1.29 is 5.11 Å². The van der Waals surface area contributed by atoms with E-state index in [1.165, 1.54) is 6.42 Å². The lowest BCUT2D eigenvalue weighted by Crippen LogP contribution is -1.84. The van der Waals surface area contributed by atoms with Crippen molar-refractivity contribution in [2.45, 2.75) is 26.7 Å². The van der Waals surface area contributed by atoms with Gasteiger partial charge in [0.15, 0.2) is 0 Å². The van der Waals surface area contributed by atoms with Crippen molar-refractivity contribution in [1.82, 2.24) is 0 Å². The van der Waals surface area contributed by atoms with Crippen LogP contribution in [0, 0.1) is 5.92 Å². The van der Waals surface area contributed by atoms with Crippen LogP contribution in [0.1, 0.15) is 26.7 Å². The third-order valence-corrected chi connectivity index (χ3v) is 1.40. The Balaban J connectivity index is 3.20. The van der Waals surface area contributed by atoms with Crippen molar-refractivity contribution in [1.29, 1.82) is 0 Å². The summed E-state index contributed by atoms with van der Waals surface area (Å²) in [7, 11) is 0. The Bertz CT molecular complexity index is 76.6. The lowest BCUT2D eigenvalue weighted by Gasteiger charge is -1.97. The van der Waals surface area contributed by atoms with E-state index < -0.39 is 0 Å². The molecule has 0 aliphatic carbocycles. The van der Waals surface area contributed by atoms with Crippen LogP contribution in [0.5, 0.6) is 0 Å². The highest BCUT2D eigenvalue weighted by atomic mass is 16.2. The third kappa shape index (κ3) is 5.57. The Morgan fingerprint density at radius 1 is 1.56 bits per heavy atom. The van der Waals surface area contributed by atoms with Crippen molar-refractivity contribution >= 4 is 0 Å². The van der Waals surface area contributed by atoms with Gasteiger partial charge < -0.3 is 5.11 Å². The molecule has 54 valence electrons. The lowest BCUT2D eigenvalue weighted by molar-refractivity contribution is 0.302. The van der Waals surface area contributed by atoms with Crippen molar-refractivity contribution in [3.63, 3.8) is 0 Å². The molecule has 0 rings (SSSR count). The van der Waals surface area contributed by atoms with Gasteiger partial charge in [0.2, 0.25) is 0 Å². The number of hydrogen-bond donors (Lipinski definition) is 1. The molecule has 0 fully saturated rings. The number of rotatable bonds is 4. The zero-order chi connectivity index (χ0) is 7.11. The van der Waals surface area contributed by atoms with E-state index in [0.29, 0.717) is 5.92 Å². The first kappa shape index (κ1) is 8.70. The summed E-state index contributed by atoms with van der Waals surface area (Å²) in [6.07, 6.45) is 6.16. The molecule has 0 amide bonds. The average Bonchev–Trinajstić information content (AvgIpc) is 1.89. The van der Waals surface area contributed by atoms with Gasteiger partial charge >= 0.3 is 0 Å². The molecule has 0 saturated carbocycles. The molecule has 9 heavy (non-hydrogen) atoms. The van der Waals surface area contributed by atoms with Gasteiger partial charge in [0.05, 0.1) is 0 Å². The minimum absolute atomic E-state index is 0.271. The normalized spacial score (nSPS) is 14.6. The molecule has 1 unspecified atom stereocenters. The molecule has 0 spiro atoms. The Labute approximate surface area is 57.4 Å². The summed E-state index contributed by atoms with van der Waals surface area (Å²) in [4.78, 5) is 0. The molecule has 1 nitrogen and oxygen atoms in total. The van der Waals surface area contributed by atoms with Crippen LogP contribution >= 0.6 is 0 Å². The molecule has 0 heterocycles. The molecule has 1 atom stereocenters. The van der Waals surface area contributed by atoms with Gasteiger partial charge in [0, 0.05) is 6.61 Å². The summed E-state index contributed by atoms with van der Waals surface area (Å²) < 4.78 is 0. The van der Waals surface area contributed by atoms with Crippen LogP contribution in [0.2, 0.25) is 0 Å². The highest BCUT2D eigenvalue weighted by Crippen LogP contribution is 2.01. The van der Waals surface area contributed by atoms with Crippen LogP contribution in [0.4, 0.5) is 0 Å². The SMILES string of the molecule is CCC(C)/C=C/CCO. The van der Waals surface area contributed by atoms with Crippen LogP contribution in [0.3, 0.4) is 0 Å². The number of hydrogen-bond acceptors (Lipinski definition) is 1. The topological polar surface area (TPSA) is 20.2 Å². The van der Waals surface area contributed by atoms with Gasteiger partial charge in [-0.15, -0.1) is 0 Å². The third-order valence-electron chi connectivity index (χ3n) is 1.40. The zero-order valence-electron chi connectivity index (χ0n) is 6.30. The maximum absolute atomic E-state index is 8.40. The van der Waals surface area contributed by atoms with Gasteiger partial charge in [-0.05, 0) is 12.3 Å². The van der Waals surface area contributed by atoms with E-state index in [-0.39, 0.29) is 6.61 Å². The molecular weight excluding hydrogens is 112 g/mol. The Kier molecular flexibility index (Phi) is 5.64. The first-order valence-electron chi connectivity index (χ1n) is 3.58. The van der Waals surface area contributed by atoms with E-state index in [4.69, 9.17) is 5.11 Å². The lowest BCUT2D eigenvalue weighted by atomic mass is 10.1. The maximum atomic E-state index is 8.40. The van der Waals surface area contributed by atoms with Crippen LogP contribution in [-0.4, -0.2) is 11.7 Å². The quantitative estimate of drug-likeness (QED) is 0.574. The fourth-order valence-corrected chi connectivity index (χ4v) is 0.539. The summed E-state index contributed by atoms with van der Waals surface area (Å²) in [6.45, 7) is 4.61. The predicted octanol–water partition coefficient (Wildman–Crippen LogP) is 1.97. The minimum Gasteiger partial charge on any atom is -0.396 e. The van der Waals surface area contributed by atoms with Crippen molar-refractivity contribution in [2.75, 3.05) is 6.61 Å². The fourth-order valence-electron chi connectivity index (χ4n) is 0.539. The molecule has 0 saturated heterocycles. The molecule has 0 aliphatic rings. The van der Waals surface area contributed by atoms with E-state index in [2.05, 4.69) is 19.9 Å². The Morgan fingerprint density at radius 2 is 2.22 bits per heavy atom. The maximum Gasteiger partial charge on any atom is 0.0465 e. The molecule has 0 aromatic carbocycles. The Hall–Kier alpha value is -0.300. The van der Waals surface area contributed by atoms with Gasteiger partial charge in [-0.1, -0.05) is 32.4 Å². The highest BCUT2D eigenvalue weighted by molar-refractivity contribution is 4.85. The van der Waals surface area contributed by atoms with E-state index in [1.54, 1.807) is 0 Å². The van der Waals surface area contributed by atoms with Gasteiger partial charge in [0.1, 0.15) is 0 Å². The van der Waals surface area contributed by atoms with E-state index in [9.17, 15) is 0 Å². The zero-order valence-corrected chi connectivity index (χ0v) is 6.30. The number of aliphatic hydroxyl groups excluding tert-OH is 1. The molecule has 0 radical (unpaired) electrons. The molecule has 1 heteroatoms. The van der Waals surface area contributed by atoms with E-state index in [0.717, 1.165) is 6.42 Å². The summed E-state index contributed by atoms with van der Waals surface area (Å²) in [5, 5.41) is 8.40. The van der Waals surface area contributed by atoms with Gasteiger partial charge in [-0.3, -0.25) is 0 Å². The molecule has 1 N–H and O–H groups in total. The van der Waals surface area contributed by atoms with Crippen LogP contribution < -0.4 is 0 Å². The minimum atomic E-state index is 0.271. The fraction of sp³-hybridized carbons (Fsp3) is 0.750. The van der Waals surface area contributed by atoms with Crippen molar-refractivity contribution in [3.05, 3.63) is 12.2 Å². The summed E-state index contributed by atoms with van der Waals surface area (Å²) in [6, 6.07) is 0. The van der Waals surface area contributed by atoms with Crippen molar-refractivity contribution in [3.8, 4) is 0 Å². The summed E-state index contributed by atoms with van der Waals surface area (Å²) >= 11 is 0. The van der Waals surface area contributed by atoms with Crippen LogP contribution in [-0.2, 0) is 0 Å². The van der Waals surface area contributed by atoms with Crippen LogP contribution in [0.15, 0.2) is 12.2 Å². The standard InChI is InChI=1S/C8H16O/c1-3-8(2)6-4-5-7-9/h4,6,8-9H,3,5,7H2,1-2H3/b6-4+. The smallest absolute Gasteiger partial charge is 0.0465 e. The number of allylic oxidation sites excluding steroid dienone is 1. The second-order valence-electron chi connectivity index (χ2n) is 2.33. The molecule has 0 bridgehead atoms. The van der Waals surface area contributed by atoms with Gasteiger partial charge in [-0.2, -0.15) is 0 Å². The first-order chi connectivity index (χ1) is 4.31. The molecule has 0 aliphatic heterocycles. The van der Waals surface area contributed by atoms with Crippen LogP contribution in [0.25, 0.3) is 0 Å². The van der Waals surface area contributed by atoms with Gasteiger partial charge in [0.25, 0.3) is 0 Å². The summed E-state index contributed by atoms with van der Waals surface area (Å²) in [5.41, 5.74) is 0. The Morgan fingerprint density at radius 3 is 2.67 bits per heavy atom. The second-order valence-corrected chi connectivity index (χ2v) is 2.33. The number of aliphatic hydroxyl groups is 1. The molecule has 0 aromatic heterocycles.